The third kappa shape index (κ3) is 8.58. The van der Waals surface area contributed by atoms with Gasteiger partial charge in [-0.1, -0.05) is 6.08 Å². The molecule has 6 heteroatoms. The van der Waals surface area contributed by atoms with Gasteiger partial charge in [-0.15, -0.1) is 6.58 Å². The molecule has 0 aliphatic carbocycles. The molecule has 0 aromatic rings. The van der Waals surface area contributed by atoms with Crippen LogP contribution in [0.25, 0.3) is 0 Å². The zero-order valence-electron chi connectivity index (χ0n) is 10.9. The molecule has 0 bridgehead atoms. The van der Waals surface area contributed by atoms with Gasteiger partial charge in [0.15, 0.2) is 0 Å². The monoisotopic (exact) mass is 258 g/mol. The summed E-state index contributed by atoms with van der Waals surface area (Å²) in [6.45, 7) is 5.51. The molecule has 6 nitrogen and oxygen atoms in total. The molecule has 0 atom stereocenters. The Morgan fingerprint density at radius 2 is 2.17 bits per heavy atom. The number of unbranched alkanes of at least 4 members (excludes halogenated alkanes) is 1. The van der Waals surface area contributed by atoms with Crippen LogP contribution in [0.5, 0.6) is 0 Å². The number of aliphatic carboxylic acids is 1. The number of hydrogen-bond donors (Lipinski definition) is 2. The first-order valence-corrected chi connectivity index (χ1v) is 5.96. The van der Waals surface area contributed by atoms with E-state index in [1.807, 2.05) is 0 Å². The van der Waals surface area contributed by atoms with Crippen molar-refractivity contribution < 1.29 is 19.4 Å². The van der Waals surface area contributed by atoms with Gasteiger partial charge in [0, 0.05) is 33.2 Å². The Balaban J connectivity index is 3.80. The number of carboxylic acids is 1. The number of nitrogens with one attached hydrogen (secondary N) is 1. The summed E-state index contributed by atoms with van der Waals surface area (Å²) in [5.74, 6) is -0.810. The van der Waals surface area contributed by atoms with Crippen LogP contribution in [0.15, 0.2) is 12.7 Å². The second kappa shape index (κ2) is 10.6. The van der Waals surface area contributed by atoms with Gasteiger partial charge in [0.05, 0.1) is 6.61 Å². The summed E-state index contributed by atoms with van der Waals surface area (Å²) in [5.41, 5.74) is 0. The van der Waals surface area contributed by atoms with Gasteiger partial charge in [0.2, 0.25) is 0 Å². The van der Waals surface area contributed by atoms with Crippen LogP contribution < -0.4 is 5.32 Å². The third-order valence-electron chi connectivity index (χ3n) is 2.30. The number of hydrogen-bond acceptors (Lipinski definition) is 3. The molecule has 104 valence electrons. The van der Waals surface area contributed by atoms with E-state index in [4.69, 9.17) is 9.84 Å². The van der Waals surface area contributed by atoms with Crippen LogP contribution in [0.4, 0.5) is 4.79 Å². The van der Waals surface area contributed by atoms with E-state index >= 15 is 0 Å². The average Bonchev–Trinajstić information content (AvgIpc) is 2.33. The number of carboxylic acid groups (broad SMARTS) is 1. The molecule has 0 unspecified atom stereocenters. The Hall–Kier alpha value is -1.56. The first-order chi connectivity index (χ1) is 8.61. The number of amides is 2. The molecule has 0 heterocycles. The summed E-state index contributed by atoms with van der Waals surface area (Å²) >= 11 is 0. The topological polar surface area (TPSA) is 78.9 Å². The van der Waals surface area contributed by atoms with Crippen molar-refractivity contribution in [2.75, 3.05) is 33.4 Å². The summed E-state index contributed by atoms with van der Waals surface area (Å²) in [5, 5.41) is 11.2. The molecule has 0 spiro atoms. The number of ether oxygens (including phenoxy) is 1. The smallest absolute Gasteiger partial charge is 0.317 e. The van der Waals surface area contributed by atoms with Gasteiger partial charge in [0.25, 0.3) is 0 Å². The van der Waals surface area contributed by atoms with Crippen LogP contribution in [0.3, 0.4) is 0 Å². The lowest BCUT2D eigenvalue weighted by molar-refractivity contribution is -0.137. The van der Waals surface area contributed by atoms with Gasteiger partial charge in [-0.25, -0.2) is 4.79 Å². The highest BCUT2D eigenvalue weighted by Gasteiger charge is 2.10. The molecule has 0 rings (SSSR count). The van der Waals surface area contributed by atoms with Gasteiger partial charge in [0.1, 0.15) is 0 Å². The summed E-state index contributed by atoms with van der Waals surface area (Å²) in [4.78, 5) is 23.6. The van der Waals surface area contributed by atoms with E-state index in [1.165, 1.54) is 0 Å². The number of carbonyl (C=O) groups excluding carboxylic acids is 1. The molecule has 2 N–H and O–H groups in total. The first-order valence-electron chi connectivity index (χ1n) is 5.96. The van der Waals surface area contributed by atoms with E-state index in [-0.39, 0.29) is 12.5 Å². The molecule has 0 saturated carbocycles. The van der Waals surface area contributed by atoms with Crippen LogP contribution in [0.2, 0.25) is 0 Å². The predicted octanol–water partition coefficient (Wildman–Crippen LogP) is 1.09. The van der Waals surface area contributed by atoms with Crippen molar-refractivity contribution in [2.24, 2.45) is 0 Å². The number of carbonyl (C=O) groups is 2. The fraction of sp³-hybridized carbons (Fsp3) is 0.667. The molecule has 0 fully saturated rings. The summed E-state index contributed by atoms with van der Waals surface area (Å²) in [6.07, 6.45) is 3.01. The van der Waals surface area contributed by atoms with E-state index in [1.54, 1.807) is 18.1 Å². The minimum atomic E-state index is -0.810. The molecule has 0 aliphatic heterocycles. The van der Waals surface area contributed by atoms with Crippen molar-refractivity contribution in [2.45, 2.75) is 19.3 Å². The van der Waals surface area contributed by atoms with Crippen LogP contribution >= 0.6 is 0 Å². The number of methoxy groups -OCH3 is 1. The highest BCUT2D eigenvalue weighted by molar-refractivity contribution is 5.74. The molecule has 0 aromatic carbocycles. The maximum Gasteiger partial charge on any atom is 0.317 e. The molecule has 2 amide bonds. The van der Waals surface area contributed by atoms with Crippen molar-refractivity contribution >= 4 is 12.0 Å². The molecular formula is C12H22N2O4. The lowest BCUT2D eigenvalue weighted by atomic mass is 10.2. The van der Waals surface area contributed by atoms with Crippen molar-refractivity contribution in [3.63, 3.8) is 0 Å². The van der Waals surface area contributed by atoms with Crippen molar-refractivity contribution in [3.8, 4) is 0 Å². The van der Waals surface area contributed by atoms with Crippen LogP contribution in [0.1, 0.15) is 19.3 Å². The quantitative estimate of drug-likeness (QED) is 0.454. The van der Waals surface area contributed by atoms with E-state index < -0.39 is 5.97 Å². The van der Waals surface area contributed by atoms with Gasteiger partial charge in [-0.3, -0.25) is 4.79 Å². The van der Waals surface area contributed by atoms with E-state index in [2.05, 4.69) is 11.9 Å². The van der Waals surface area contributed by atoms with Gasteiger partial charge >= 0.3 is 12.0 Å². The Morgan fingerprint density at radius 1 is 1.44 bits per heavy atom. The Labute approximate surface area is 108 Å². The maximum atomic E-state index is 11.7. The summed E-state index contributed by atoms with van der Waals surface area (Å²) in [7, 11) is 1.58. The second-order valence-electron chi connectivity index (χ2n) is 3.81. The zero-order chi connectivity index (χ0) is 13.8. The van der Waals surface area contributed by atoms with Gasteiger partial charge in [-0.2, -0.15) is 0 Å². The number of urea groups is 1. The van der Waals surface area contributed by atoms with E-state index in [9.17, 15) is 9.59 Å². The normalized spacial score (nSPS) is 9.83. The van der Waals surface area contributed by atoms with E-state index in [0.717, 1.165) is 0 Å². The highest BCUT2D eigenvalue weighted by atomic mass is 16.5. The predicted molar refractivity (Wildman–Crippen MR) is 68.5 cm³/mol. The van der Waals surface area contributed by atoms with Crippen molar-refractivity contribution in [3.05, 3.63) is 12.7 Å². The van der Waals surface area contributed by atoms with Crippen LogP contribution in [0, 0.1) is 0 Å². The van der Waals surface area contributed by atoms with Crippen LogP contribution in [-0.4, -0.2) is 55.4 Å². The molecule has 18 heavy (non-hydrogen) atoms. The Bertz CT molecular complexity index is 269. The van der Waals surface area contributed by atoms with Gasteiger partial charge in [-0.05, 0) is 12.8 Å². The minimum Gasteiger partial charge on any atom is -0.481 e. The van der Waals surface area contributed by atoms with Gasteiger partial charge < -0.3 is 20.1 Å². The van der Waals surface area contributed by atoms with Crippen molar-refractivity contribution in [1.82, 2.24) is 10.2 Å². The standard InChI is InChI=1S/C12H22N2O4/c1-3-8-14(9-10-18-2)12(17)13-7-5-4-6-11(15)16/h3H,1,4-10H2,2H3,(H,13,17)(H,15,16). The molecule has 0 aliphatic rings. The fourth-order valence-electron chi connectivity index (χ4n) is 1.34. The second-order valence-corrected chi connectivity index (χ2v) is 3.81. The zero-order valence-corrected chi connectivity index (χ0v) is 10.9. The molecule has 0 aromatic heterocycles. The average molecular weight is 258 g/mol. The highest BCUT2D eigenvalue weighted by Crippen LogP contribution is 1.95. The maximum absolute atomic E-state index is 11.7. The Kier molecular flexibility index (Phi) is 9.67. The molecular weight excluding hydrogens is 236 g/mol. The third-order valence-corrected chi connectivity index (χ3v) is 2.30. The lowest BCUT2D eigenvalue weighted by Crippen LogP contribution is -2.42. The number of rotatable bonds is 10. The van der Waals surface area contributed by atoms with Crippen LogP contribution in [-0.2, 0) is 9.53 Å². The summed E-state index contributed by atoms with van der Waals surface area (Å²) < 4.78 is 4.92. The molecule has 0 saturated heterocycles. The fourth-order valence-corrected chi connectivity index (χ4v) is 1.34. The SMILES string of the molecule is C=CCN(CCOC)C(=O)NCCCCC(=O)O. The number of nitrogens with zero attached hydrogens (tertiary/aromatic N) is 1. The van der Waals surface area contributed by atoms with E-state index in [0.29, 0.717) is 39.1 Å². The Morgan fingerprint density at radius 3 is 2.72 bits per heavy atom. The van der Waals surface area contributed by atoms with Crippen molar-refractivity contribution in [1.29, 1.82) is 0 Å². The first kappa shape index (κ1) is 16.4. The minimum absolute atomic E-state index is 0.135. The largest absolute Gasteiger partial charge is 0.481 e. The summed E-state index contributed by atoms with van der Waals surface area (Å²) in [6, 6.07) is -0.178. The molecule has 0 radical (unpaired) electrons. The lowest BCUT2D eigenvalue weighted by Gasteiger charge is -2.21.